The lowest BCUT2D eigenvalue weighted by Gasteiger charge is -2.46. The van der Waals surface area contributed by atoms with Gasteiger partial charge in [-0.2, -0.15) is 0 Å². The molecule has 2 saturated carbocycles. The smallest absolute Gasteiger partial charge is 0.173 e. The van der Waals surface area contributed by atoms with Gasteiger partial charge < -0.3 is 46.1 Å². The minimum Gasteiger partial charge on any atom is -0.504 e. The molecule has 0 amide bonds. The van der Waals surface area contributed by atoms with E-state index in [0.29, 0.717) is 45.3 Å². The van der Waals surface area contributed by atoms with E-state index in [1.165, 1.54) is 7.11 Å². The highest BCUT2D eigenvalue weighted by atomic mass is 16.5. The van der Waals surface area contributed by atoms with Crippen LogP contribution in [0.15, 0.2) is 115 Å². The minimum absolute atomic E-state index is 0.0288. The number of hydrogen-bond acceptors (Lipinski definition) is 10. The van der Waals surface area contributed by atoms with Crippen LogP contribution in [0.25, 0.3) is 10.8 Å². The van der Waals surface area contributed by atoms with E-state index >= 15 is 4.79 Å². The Morgan fingerprint density at radius 3 is 2.45 bits per heavy atom. The highest BCUT2D eigenvalue weighted by Crippen LogP contribution is 2.51. The van der Waals surface area contributed by atoms with E-state index in [2.05, 4.69) is 107 Å². The van der Waals surface area contributed by atoms with Crippen LogP contribution in [0.1, 0.15) is 136 Å². The number of aromatic hydroxyl groups is 1. The van der Waals surface area contributed by atoms with Gasteiger partial charge >= 0.3 is 0 Å². The van der Waals surface area contributed by atoms with Crippen LogP contribution in [0, 0.1) is 41.4 Å². The Morgan fingerprint density at radius 2 is 1.64 bits per heavy atom. The fraction of sp³-hybridized carbons (Fsp3) is 0.477. The number of fused-ring (bicyclic) bond motifs is 10. The molecular formula is C65H78N4O7. The van der Waals surface area contributed by atoms with Gasteiger partial charge in [0.15, 0.2) is 29.2 Å². The Labute approximate surface area is 449 Å². The molecule has 2 fully saturated rings. The molecule has 2 aliphatic heterocycles. The molecule has 11 nitrogen and oxygen atoms in total. The van der Waals surface area contributed by atoms with Gasteiger partial charge in [0, 0.05) is 60.9 Å². The summed E-state index contributed by atoms with van der Waals surface area (Å²) in [6, 6.07) is 28.5. The maximum atomic E-state index is 15.2. The van der Waals surface area contributed by atoms with Crippen LogP contribution in [0.3, 0.4) is 0 Å². The van der Waals surface area contributed by atoms with Gasteiger partial charge in [-0.3, -0.25) is 9.59 Å². The predicted molar refractivity (Wildman–Crippen MR) is 300 cm³/mol. The van der Waals surface area contributed by atoms with Crippen LogP contribution >= 0.6 is 0 Å². The van der Waals surface area contributed by atoms with E-state index < -0.39 is 53.0 Å². The summed E-state index contributed by atoms with van der Waals surface area (Å²) in [5, 5.41) is 61.0. The average molecular weight is 1030 g/mol. The Morgan fingerprint density at radius 1 is 0.829 bits per heavy atom. The second-order valence-corrected chi connectivity index (χ2v) is 23.0. The van der Waals surface area contributed by atoms with Crippen molar-refractivity contribution in [2.75, 3.05) is 32.1 Å². The predicted octanol–water partition coefficient (Wildman–Crippen LogP) is 10.3. The first-order valence-corrected chi connectivity index (χ1v) is 28.3. The average Bonchev–Trinajstić information content (AvgIpc) is 3.89. The van der Waals surface area contributed by atoms with Crippen LogP contribution in [0.2, 0.25) is 0 Å². The summed E-state index contributed by atoms with van der Waals surface area (Å²) >= 11 is 0. The third-order valence-corrected chi connectivity index (χ3v) is 17.9. The Balaban J connectivity index is 1.10. The van der Waals surface area contributed by atoms with Crippen molar-refractivity contribution < 1.29 is 34.8 Å². The third kappa shape index (κ3) is 11.6. The molecule has 0 unspecified atom stereocenters. The number of aliphatic hydroxyl groups excluding tert-OH is 3. The first-order valence-electron chi connectivity index (χ1n) is 28.3. The van der Waals surface area contributed by atoms with Gasteiger partial charge in [-0.05, 0) is 162 Å². The molecule has 4 aromatic carbocycles. The summed E-state index contributed by atoms with van der Waals surface area (Å²) in [6.45, 7) is 6.16. The molecule has 400 valence electrons. The normalized spacial score (nSPS) is 28.5. The summed E-state index contributed by atoms with van der Waals surface area (Å²) in [7, 11) is 1.49. The Bertz CT molecular complexity index is 3000. The molecule has 3 aliphatic carbocycles. The number of dihydropyridines is 1. The number of aliphatic hydroxyl groups is 3. The summed E-state index contributed by atoms with van der Waals surface area (Å²) < 4.78 is 5.55. The van der Waals surface area contributed by atoms with E-state index in [4.69, 9.17) is 4.74 Å². The first kappa shape index (κ1) is 53.2. The van der Waals surface area contributed by atoms with Crippen LogP contribution in [-0.2, 0) is 27.8 Å². The molecule has 5 aliphatic rings. The van der Waals surface area contributed by atoms with Gasteiger partial charge in [0.2, 0.25) is 0 Å². The SMILES string of the molecule is CCC[C@@H]1[C@@H]2C[C@H](CC3=CCNC(=C3)Nc3ccc4ccc(cc4c3)C[C@@H](O)CNC[C@@H](C)c3c[nH]c(c3)C3(CCCCC3)[C@H]1O)C[C@@H]1C#C[C@@H](c3ccccc3)c3cc(O)c(OC)cc3CCC(=O)[C@H](O)C(=O)[C@@H]1C2. The van der Waals surface area contributed by atoms with E-state index in [1.807, 2.05) is 30.3 Å². The summed E-state index contributed by atoms with van der Waals surface area (Å²) in [6.07, 6.45) is 12.9. The van der Waals surface area contributed by atoms with Crippen molar-refractivity contribution in [1.29, 1.82) is 0 Å². The molecule has 10 rings (SSSR count). The molecule has 76 heavy (non-hydrogen) atoms. The molecule has 8 N–H and O–H groups in total. The molecule has 11 heteroatoms. The minimum atomic E-state index is -1.82. The lowest BCUT2D eigenvalue weighted by atomic mass is 9.61. The standard InChI is InChI=1S/C65H78N4O7/c1-4-11-54-49-29-43(28-46-17-20-53(45-12-7-5-8-13-45)55-36-58(72)59(76-3)34-47(55)18-21-57(71)63(74)62(73)56(46)33-49)26-42-22-25-67-61(31-42)69-51-19-16-44-15-14-41(27-48(44)32-51)30-52(70)39-66-37-40(2)50-35-60(68-38-50)65(64(54)75)23-9-6-10-24-65/h5,7-8,12-16,19,22,27,31-32,34-36,38,40,43,46,49,52-54,56,63-64,66-70,72,74-75H,4,6,9-11,18,21,23-26,28-30,33,37,39H2,1-3H3/t40-,43-,46+,49-,52-,53+,54-,56-,63+,64+/m1/s1. The molecule has 3 heterocycles. The summed E-state index contributed by atoms with van der Waals surface area (Å²) in [4.78, 5) is 33.2. The second kappa shape index (κ2) is 23.6. The van der Waals surface area contributed by atoms with Crippen LogP contribution in [-0.4, -0.2) is 82.0 Å². The number of rotatable bonds is 4. The van der Waals surface area contributed by atoms with Crippen molar-refractivity contribution in [3.63, 3.8) is 0 Å². The number of aryl methyl sites for hydroxylation is 1. The first-order chi connectivity index (χ1) is 36.9. The van der Waals surface area contributed by atoms with Crippen molar-refractivity contribution in [3.05, 3.63) is 148 Å². The van der Waals surface area contributed by atoms with Gasteiger partial charge in [0.05, 0.1) is 25.2 Å². The Kier molecular flexibility index (Phi) is 16.5. The molecule has 9 bridgehead atoms. The molecular weight excluding hydrogens is 949 g/mol. The van der Waals surface area contributed by atoms with Crippen LogP contribution in [0.5, 0.6) is 11.5 Å². The number of carbonyl (C=O) groups excluding carboxylic acids is 2. The largest absolute Gasteiger partial charge is 0.504 e. The summed E-state index contributed by atoms with van der Waals surface area (Å²) in [5.41, 5.74) is 7.30. The monoisotopic (exact) mass is 1030 g/mol. The lowest BCUT2D eigenvalue weighted by Crippen LogP contribution is -2.48. The Hall–Kier alpha value is -6.16. The van der Waals surface area contributed by atoms with Crippen molar-refractivity contribution in [1.82, 2.24) is 15.6 Å². The van der Waals surface area contributed by atoms with Crippen molar-refractivity contribution in [2.45, 2.75) is 139 Å². The van der Waals surface area contributed by atoms with Gasteiger partial charge in [-0.25, -0.2) is 0 Å². The molecule has 10 atom stereocenters. The highest BCUT2D eigenvalue weighted by molar-refractivity contribution is 6.06. The van der Waals surface area contributed by atoms with E-state index in [1.54, 1.807) is 12.1 Å². The molecule has 1 spiro atoms. The number of hydrogen-bond donors (Lipinski definition) is 8. The van der Waals surface area contributed by atoms with E-state index in [9.17, 15) is 25.2 Å². The fourth-order valence-corrected chi connectivity index (χ4v) is 13.8. The molecule has 0 radical (unpaired) electrons. The zero-order chi connectivity index (χ0) is 52.9. The van der Waals surface area contributed by atoms with Gasteiger partial charge in [-0.15, -0.1) is 0 Å². The maximum Gasteiger partial charge on any atom is 0.173 e. The number of β-amino-alcohol motifs (C(OH)–C–C–N with tert-alkyl or cyclic N) is 1. The number of anilines is 1. The number of aromatic amines is 1. The number of H-pyrrole nitrogens is 1. The number of nitrogens with one attached hydrogen (secondary N) is 4. The number of Topliss-reactive ketones (excluding diaryl/α,β-unsaturated/α-hetero) is 2. The number of ether oxygens (including phenoxy) is 1. The number of phenolic OH excluding ortho intramolecular Hbond substituents is 1. The number of benzene rings is 4. The number of methoxy groups -OCH3 is 1. The van der Waals surface area contributed by atoms with E-state index in [0.717, 1.165) is 113 Å². The maximum absolute atomic E-state index is 15.2. The fourth-order valence-electron chi connectivity index (χ4n) is 13.8. The number of ketones is 2. The van der Waals surface area contributed by atoms with Gasteiger partial charge in [0.1, 0.15) is 5.82 Å². The number of carbonyl (C=O) groups is 2. The number of aromatic nitrogens is 1. The second-order valence-electron chi connectivity index (χ2n) is 23.0. The summed E-state index contributed by atoms with van der Waals surface area (Å²) in [5.74, 6) is 5.58. The van der Waals surface area contributed by atoms with Gasteiger partial charge in [-0.1, -0.05) is 112 Å². The number of phenols is 1. The molecule has 5 aromatic rings. The zero-order valence-electron chi connectivity index (χ0n) is 44.6. The van der Waals surface area contributed by atoms with Crippen molar-refractivity contribution >= 4 is 28.0 Å². The zero-order valence-corrected chi connectivity index (χ0v) is 44.6. The topological polar surface area (TPSA) is 176 Å². The number of allylic oxidation sites excluding steroid dienone is 2. The van der Waals surface area contributed by atoms with Gasteiger partial charge in [0.25, 0.3) is 0 Å². The highest BCUT2D eigenvalue weighted by Gasteiger charge is 2.50. The van der Waals surface area contributed by atoms with Crippen molar-refractivity contribution in [2.24, 2.45) is 29.6 Å². The van der Waals surface area contributed by atoms with Crippen molar-refractivity contribution in [3.8, 4) is 23.3 Å². The molecule has 0 saturated heterocycles. The lowest BCUT2D eigenvalue weighted by molar-refractivity contribution is -0.142. The van der Waals surface area contributed by atoms with Crippen LogP contribution < -0.4 is 20.7 Å². The third-order valence-electron chi connectivity index (χ3n) is 17.9. The quantitative estimate of drug-likeness (QED) is 0.0639. The van der Waals surface area contributed by atoms with E-state index in [-0.39, 0.29) is 48.0 Å². The van der Waals surface area contributed by atoms with Crippen LogP contribution in [0.4, 0.5) is 5.69 Å². The molecule has 1 aromatic heterocycles.